The van der Waals surface area contributed by atoms with Crippen molar-refractivity contribution in [1.29, 1.82) is 0 Å². The number of hydrogen-bond donors (Lipinski definition) is 1. The van der Waals surface area contributed by atoms with Crippen LogP contribution in [-0.4, -0.2) is 27.8 Å². The van der Waals surface area contributed by atoms with Gasteiger partial charge >= 0.3 is 0 Å². The van der Waals surface area contributed by atoms with Crippen LogP contribution in [0.15, 0.2) is 36.5 Å². The van der Waals surface area contributed by atoms with Crippen molar-refractivity contribution in [3.8, 4) is 0 Å². The predicted molar refractivity (Wildman–Crippen MR) is 88.9 cm³/mol. The van der Waals surface area contributed by atoms with Crippen LogP contribution in [0.2, 0.25) is 0 Å². The van der Waals surface area contributed by atoms with Gasteiger partial charge in [0.2, 0.25) is 5.95 Å². The highest BCUT2D eigenvalue weighted by Gasteiger charge is 2.23. The molecule has 1 N–H and O–H groups in total. The molecule has 3 rings (SSSR count). The summed E-state index contributed by atoms with van der Waals surface area (Å²) in [6.45, 7) is 4.01. The number of benzene rings is 1. The Kier molecular flexibility index (Phi) is 4.83. The van der Waals surface area contributed by atoms with Gasteiger partial charge in [-0.15, -0.1) is 5.10 Å². The number of aromatic nitrogens is 3. The van der Waals surface area contributed by atoms with Crippen molar-refractivity contribution >= 4 is 11.8 Å². The average molecular weight is 297 g/mol. The van der Waals surface area contributed by atoms with E-state index >= 15 is 0 Å². The minimum absolute atomic E-state index is 0.542. The third kappa shape index (κ3) is 3.53. The molecular weight excluding hydrogens is 274 g/mol. The van der Waals surface area contributed by atoms with Gasteiger partial charge in [0.15, 0.2) is 5.82 Å². The Hall–Kier alpha value is -2.17. The van der Waals surface area contributed by atoms with E-state index in [4.69, 9.17) is 0 Å². The minimum atomic E-state index is 0.542. The molecule has 1 aliphatic rings. The molecule has 0 radical (unpaired) electrons. The second kappa shape index (κ2) is 7.20. The fourth-order valence-corrected chi connectivity index (χ4v) is 2.98. The summed E-state index contributed by atoms with van der Waals surface area (Å²) >= 11 is 0. The van der Waals surface area contributed by atoms with E-state index in [2.05, 4.69) is 44.5 Å². The Balaban J connectivity index is 1.69. The molecule has 1 unspecified atom stereocenters. The van der Waals surface area contributed by atoms with Gasteiger partial charge in [-0.2, -0.15) is 10.1 Å². The minimum Gasteiger partial charge on any atom is -0.365 e. The van der Waals surface area contributed by atoms with Crippen LogP contribution >= 0.6 is 0 Å². The molecule has 1 atom stereocenters. The molecule has 0 spiro atoms. The van der Waals surface area contributed by atoms with Gasteiger partial charge in [0.05, 0.1) is 6.20 Å². The van der Waals surface area contributed by atoms with E-state index in [0.717, 1.165) is 31.3 Å². The summed E-state index contributed by atoms with van der Waals surface area (Å²) < 4.78 is 0. The predicted octanol–water partition coefficient (Wildman–Crippen LogP) is 3.25. The van der Waals surface area contributed by atoms with Gasteiger partial charge in [-0.1, -0.05) is 37.3 Å². The van der Waals surface area contributed by atoms with E-state index in [1.54, 1.807) is 6.20 Å². The number of rotatable bonds is 5. The summed E-state index contributed by atoms with van der Waals surface area (Å²) in [7, 11) is 0. The second-order valence-electron chi connectivity index (χ2n) is 5.73. The zero-order valence-electron chi connectivity index (χ0n) is 13.1. The quantitative estimate of drug-likeness (QED) is 0.918. The Morgan fingerprint density at radius 2 is 2.09 bits per heavy atom. The molecule has 0 amide bonds. The van der Waals surface area contributed by atoms with Gasteiger partial charge in [-0.25, -0.2) is 0 Å². The van der Waals surface area contributed by atoms with E-state index < -0.39 is 0 Å². The first-order valence-corrected chi connectivity index (χ1v) is 8.11. The Morgan fingerprint density at radius 1 is 1.23 bits per heavy atom. The molecule has 2 heterocycles. The van der Waals surface area contributed by atoms with Crippen molar-refractivity contribution in [3.05, 3.63) is 42.1 Å². The Morgan fingerprint density at radius 3 is 2.91 bits per heavy atom. The van der Waals surface area contributed by atoms with Gasteiger partial charge in [0.25, 0.3) is 0 Å². The van der Waals surface area contributed by atoms with Gasteiger partial charge < -0.3 is 10.2 Å². The van der Waals surface area contributed by atoms with Crippen molar-refractivity contribution in [2.75, 3.05) is 16.8 Å². The summed E-state index contributed by atoms with van der Waals surface area (Å²) in [6, 6.07) is 10.8. The van der Waals surface area contributed by atoms with E-state index in [9.17, 15) is 0 Å². The molecule has 2 aromatic rings. The van der Waals surface area contributed by atoms with Crippen molar-refractivity contribution in [2.24, 2.45) is 0 Å². The molecule has 0 bridgehead atoms. The first kappa shape index (κ1) is 14.8. The first-order chi connectivity index (χ1) is 10.9. The van der Waals surface area contributed by atoms with Crippen LogP contribution in [-0.2, 0) is 6.54 Å². The third-order valence-corrected chi connectivity index (χ3v) is 4.22. The molecule has 22 heavy (non-hydrogen) atoms. The lowest BCUT2D eigenvalue weighted by Gasteiger charge is -2.34. The number of anilines is 2. The normalized spacial score (nSPS) is 18.2. The molecule has 1 aromatic carbocycles. The maximum Gasteiger partial charge on any atom is 0.247 e. The molecule has 1 fully saturated rings. The van der Waals surface area contributed by atoms with Gasteiger partial charge in [-0.05, 0) is 31.2 Å². The fourth-order valence-electron chi connectivity index (χ4n) is 2.98. The zero-order valence-corrected chi connectivity index (χ0v) is 13.1. The molecule has 5 heteroatoms. The fraction of sp³-hybridized carbons (Fsp3) is 0.471. The van der Waals surface area contributed by atoms with Crippen LogP contribution in [0, 0.1) is 0 Å². The van der Waals surface area contributed by atoms with Crippen LogP contribution in [0.1, 0.15) is 38.2 Å². The highest BCUT2D eigenvalue weighted by Crippen LogP contribution is 2.23. The summed E-state index contributed by atoms with van der Waals surface area (Å²) in [5.41, 5.74) is 1.23. The van der Waals surface area contributed by atoms with Gasteiger partial charge in [0.1, 0.15) is 0 Å². The second-order valence-corrected chi connectivity index (χ2v) is 5.73. The molecule has 0 saturated carbocycles. The molecule has 1 saturated heterocycles. The van der Waals surface area contributed by atoms with Crippen molar-refractivity contribution < 1.29 is 0 Å². The molecule has 1 aromatic heterocycles. The zero-order chi connectivity index (χ0) is 15.2. The standard InChI is InChI=1S/C17H23N5/c1-2-15-10-6-7-11-22(15)17-20-16(13-19-21-17)18-12-14-8-4-3-5-9-14/h3-5,8-9,13,15H,2,6-7,10-12H2,1H3,(H,18,20,21). The lowest BCUT2D eigenvalue weighted by atomic mass is 10.0. The summed E-state index contributed by atoms with van der Waals surface area (Å²) in [4.78, 5) is 6.96. The summed E-state index contributed by atoms with van der Waals surface area (Å²) in [5.74, 6) is 1.54. The third-order valence-electron chi connectivity index (χ3n) is 4.22. The highest BCUT2D eigenvalue weighted by molar-refractivity contribution is 5.40. The van der Waals surface area contributed by atoms with Crippen LogP contribution in [0.5, 0.6) is 0 Å². The molecule has 116 valence electrons. The Bertz CT molecular complexity index is 587. The van der Waals surface area contributed by atoms with E-state index in [1.165, 1.54) is 24.8 Å². The van der Waals surface area contributed by atoms with Gasteiger partial charge in [0, 0.05) is 19.1 Å². The number of nitrogens with zero attached hydrogens (tertiary/aromatic N) is 4. The van der Waals surface area contributed by atoms with Crippen molar-refractivity contribution in [1.82, 2.24) is 15.2 Å². The maximum atomic E-state index is 4.65. The molecule has 1 aliphatic heterocycles. The van der Waals surface area contributed by atoms with Gasteiger partial charge in [-0.3, -0.25) is 0 Å². The van der Waals surface area contributed by atoms with Crippen molar-refractivity contribution in [2.45, 2.75) is 45.2 Å². The highest BCUT2D eigenvalue weighted by atomic mass is 15.3. The SMILES string of the molecule is CCC1CCCCN1c1nncc(NCc2ccccc2)n1. The van der Waals surface area contributed by atoms with Crippen LogP contribution in [0.25, 0.3) is 0 Å². The summed E-state index contributed by atoms with van der Waals surface area (Å²) in [6.07, 6.45) is 6.56. The Labute approximate surface area is 131 Å². The van der Waals surface area contributed by atoms with Crippen LogP contribution in [0.3, 0.4) is 0 Å². The largest absolute Gasteiger partial charge is 0.365 e. The topological polar surface area (TPSA) is 53.9 Å². The average Bonchev–Trinajstić information content (AvgIpc) is 2.61. The van der Waals surface area contributed by atoms with Crippen LogP contribution in [0.4, 0.5) is 11.8 Å². The molecular formula is C17H23N5. The lowest BCUT2D eigenvalue weighted by molar-refractivity contribution is 0.441. The van der Waals surface area contributed by atoms with Crippen molar-refractivity contribution in [3.63, 3.8) is 0 Å². The number of nitrogens with one attached hydrogen (secondary N) is 1. The molecule has 5 nitrogen and oxygen atoms in total. The first-order valence-electron chi connectivity index (χ1n) is 8.11. The van der Waals surface area contributed by atoms with Crippen LogP contribution < -0.4 is 10.2 Å². The monoisotopic (exact) mass is 297 g/mol. The molecule has 0 aliphatic carbocycles. The smallest absolute Gasteiger partial charge is 0.247 e. The van der Waals surface area contributed by atoms with E-state index in [0.29, 0.717) is 6.04 Å². The maximum absolute atomic E-state index is 4.65. The lowest BCUT2D eigenvalue weighted by Crippen LogP contribution is -2.40. The van der Waals surface area contributed by atoms with E-state index in [1.807, 2.05) is 18.2 Å². The van der Waals surface area contributed by atoms with E-state index in [-0.39, 0.29) is 0 Å². The number of hydrogen-bond acceptors (Lipinski definition) is 5. The number of piperidine rings is 1. The summed E-state index contributed by atoms with van der Waals surface area (Å²) in [5, 5.41) is 11.7.